The van der Waals surface area contributed by atoms with E-state index in [1.165, 1.54) is 33.4 Å². The van der Waals surface area contributed by atoms with E-state index in [0.29, 0.717) is 0 Å². The quantitative estimate of drug-likeness (QED) is 0.124. The largest absolute Gasteiger partial charge is 2.00 e. The van der Waals surface area contributed by atoms with Gasteiger partial charge in [0, 0.05) is 42.1 Å². The van der Waals surface area contributed by atoms with Crippen molar-refractivity contribution in [2.45, 2.75) is 48.0 Å². The van der Waals surface area contributed by atoms with Gasteiger partial charge in [-0.25, -0.2) is 9.15 Å². The molecule has 0 fully saturated rings. The minimum atomic E-state index is 0. The number of hydrogen-bond donors (Lipinski definition) is 0. The molecule has 53 heavy (non-hydrogen) atoms. The summed E-state index contributed by atoms with van der Waals surface area (Å²) in [6.45, 7) is 12.8. The van der Waals surface area contributed by atoms with Crippen molar-refractivity contribution in [2.24, 2.45) is 0 Å². The molecule has 6 nitrogen and oxygen atoms in total. The molecule has 0 saturated heterocycles. The van der Waals surface area contributed by atoms with E-state index >= 15 is 0 Å². The van der Waals surface area contributed by atoms with Crippen LogP contribution in [-0.2, 0) is 40.0 Å². The van der Waals surface area contributed by atoms with Crippen LogP contribution in [0, 0.1) is 27.7 Å². The van der Waals surface area contributed by atoms with Gasteiger partial charge in [-0.15, -0.1) is 0 Å². The zero-order valence-electron chi connectivity index (χ0n) is 30.1. The number of rotatable bonds is 8. The van der Waals surface area contributed by atoms with Crippen LogP contribution in [0.3, 0.4) is 0 Å². The first-order valence-corrected chi connectivity index (χ1v) is 16.0. The minimum Gasteiger partial charge on any atom is -1.00 e. The monoisotopic (exact) mass is 874 g/mol. The first kappa shape index (κ1) is 49.6. The Bertz CT molecular complexity index is 1990. The summed E-state index contributed by atoms with van der Waals surface area (Å²) in [5.41, 5.74) is 12.9. The van der Waals surface area contributed by atoms with Crippen LogP contribution in [0.1, 0.15) is 47.2 Å². The Morgan fingerprint density at radius 1 is 0.491 bits per heavy atom. The molecule has 2 aromatic carbocycles. The maximum Gasteiger partial charge on any atom is 2.00 e. The first-order chi connectivity index (χ1) is 22.9. The van der Waals surface area contributed by atoms with Gasteiger partial charge < -0.3 is 49.6 Å². The van der Waals surface area contributed by atoms with Gasteiger partial charge in [0.05, 0.1) is 12.4 Å². The molecule has 12 heteroatoms. The minimum absolute atomic E-state index is 0. The average Bonchev–Trinajstić information content (AvgIpc) is 3.08. The van der Waals surface area contributed by atoms with Gasteiger partial charge in [-0.2, -0.15) is 0 Å². The molecule has 2 radical (unpaired) electrons. The molecule has 0 amide bonds. The summed E-state index contributed by atoms with van der Waals surface area (Å²) in [7, 11) is 0. The predicted molar refractivity (Wildman–Crippen MR) is 196 cm³/mol. The van der Waals surface area contributed by atoms with Gasteiger partial charge >= 0.3 is 45.2 Å². The van der Waals surface area contributed by atoms with Crippen molar-refractivity contribution < 1.29 is 83.2 Å². The molecule has 0 atom stereocenters. The molecule has 6 aromatic rings. The molecule has 0 N–H and O–H groups in total. The van der Waals surface area contributed by atoms with Crippen LogP contribution in [0.4, 0.5) is 23.0 Å². The Morgan fingerprint density at radius 3 is 1.21 bits per heavy atom. The Labute approximate surface area is 358 Å². The van der Waals surface area contributed by atoms with Crippen molar-refractivity contribution in [2.75, 3.05) is 0 Å². The van der Waals surface area contributed by atoms with Crippen LogP contribution in [-0.4, -0.2) is 32.4 Å². The number of aryl methyl sites for hydroxylation is 4. The summed E-state index contributed by atoms with van der Waals surface area (Å²) in [6.07, 6.45) is 8.54. The molecule has 0 aliphatic heterocycles. The molecule has 0 unspecified atom stereocenters. The molecule has 0 spiro atoms. The Kier molecular flexibility index (Phi) is 21.2. The topological polar surface area (TPSA) is 57.6 Å². The Hall–Kier alpha value is -3.45. The Balaban J connectivity index is 0.00000451. The maximum atomic E-state index is 5.07. The second-order valence-corrected chi connectivity index (χ2v) is 11.8. The van der Waals surface area contributed by atoms with Crippen molar-refractivity contribution in [3.63, 3.8) is 0 Å². The van der Waals surface area contributed by atoms with Crippen molar-refractivity contribution >= 4 is 35.4 Å². The molecule has 0 aliphatic carbocycles. The van der Waals surface area contributed by atoms with Crippen LogP contribution >= 0.6 is 0 Å². The van der Waals surface area contributed by atoms with Crippen molar-refractivity contribution in [3.05, 3.63) is 143 Å². The third-order valence-electron chi connectivity index (χ3n) is 8.24. The van der Waals surface area contributed by atoms with Gasteiger partial charge in [0.2, 0.25) is 11.4 Å². The second-order valence-electron chi connectivity index (χ2n) is 11.8. The molecule has 4 heterocycles. The van der Waals surface area contributed by atoms with E-state index in [4.69, 9.17) is 9.97 Å². The van der Waals surface area contributed by atoms with Gasteiger partial charge in [-0.1, -0.05) is 47.5 Å². The standard InChI is InChI=1S/C41H40N6.4ClH.2Co/c1-7-46(38-19-13-17-36(44-38)34-15-9-11-21-42-34)40-30(5)23-28(3)25-32(40)27-33-26-29(4)24-31(6)41(33)47(8-2)39-20-14-18-37(45-39)35-16-10-12-22-43-35;;;;;;/h7-26H,27H2,1-6H3;4*1H;;/q+2;;;;;2*+2/p-4. The zero-order valence-corrected chi connectivity index (χ0v) is 35.2. The molecular formula is C41H40Cl4Co2N6+2. The number of nitrogens with zero attached hydrogens (tertiary/aromatic N) is 6. The summed E-state index contributed by atoms with van der Waals surface area (Å²) >= 11 is 0. The number of pyridine rings is 4. The van der Waals surface area contributed by atoms with Crippen LogP contribution in [0.25, 0.3) is 22.8 Å². The molecular weight excluding hydrogens is 836 g/mol. The molecule has 0 saturated carbocycles. The van der Waals surface area contributed by atoms with Crippen molar-refractivity contribution in [3.8, 4) is 22.8 Å². The number of halogens is 4. The maximum absolute atomic E-state index is 5.07. The van der Waals surface area contributed by atoms with Crippen molar-refractivity contribution in [1.29, 1.82) is 0 Å². The summed E-state index contributed by atoms with van der Waals surface area (Å²) in [6, 6.07) is 33.2. The summed E-state index contributed by atoms with van der Waals surface area (Å²) in [4.78, 5) is 19.2. The third-order valence-corrected chi connectivity index (χ3v) is 8.24. The number of hydrogen-bond acceptors (Lipinski definition) is 4. The van der Waals surface area contributed by atoms with Crippen LogP contribution in [0.2, 0.25) is 0 Å². The van der Waals surface area contributed by atoms with E-state index < -0.39 is 0 Å². The number of benzene rings is 2. The Morgan fingerprint density at radius 2 is 0.868 bits per heavy atom. The van der Waals surface area contributed by atoms with Gasteiger partial charge in [0.1, 0.15) is 22.8 Å². The van der Waals surface area contributed by atoms with Crippen LogP contribution in [0.5, 0.6) is 0 Å². The van der Waals surface area contributed by atoms with E-state index in [1.54, 1.807) is 12.4 Å². The fourth-order valence-corrected chi connectivity index (χ4v) is 6.44. The summed E-state index contributed by atoms with van der Waals surface area (Å²) < 4.78 is 4.42. The predicted octanol–water partition coefficient (Wildman–Crippen LogP) is -2.71. The molecule has 4 aromatic heterocycles. The molecule has 6 rings (SSSR count). The van der Waals surface area contributed by atoms with Crippen LogP contribution in [0.15, 0.2) is 109 Å². The molecule has 0 aliphatic rings. The average molecular weight is 876 g/mol. The van der Waals surface area contributed by atoms with Crippen molar-refractivity contribution in [1.82, 2.24) is 29.1 Å². The van der Waals surface area contributed by atoms with Gasteiger partial charge in [-0.05, 0) is 111 Å². The fraction of sp³-hybridized carbons (Fsp3) is 0.171. The second kappa shape index (κ2) is 22.7. The smallest absolute Gasteiger partial charge is 1.00 e. The first-order valence-electron chi connectivity index (χ1n) is 16.0. The fourth-order valence-electron chi connectivity index (χ4n) is 6.44. The summed E-state index contributed by atoms with van der Waals surface area (Å²) in [5, 5.41) is 0. The van der Waals surface area contributed by atoms with Gasteiger partial charge in [0.25, 0.3) is 0 Å². The van der Waals surface area contributed by atoms with E-state index in [2.05, 4.69) is 122 Å². The summed E-state index contributed by atoms with van der Waals surface area (Å²) in [5.74, 6) is 1.70. The SMILES string of the molecule is CC=[N+](c1cccc(-c2ccccn2)n1)c1c(C)cc(C)cc1Cc1cc(C)cc(C)c1[N+](=CC)c1cccc(-c2ccccn2)n1.[Cl-].[Cl-].[Cl-].[Cl-].[Co+2].[Co+2]. The zero-order chi connectivity index (χ0) is 32.9. The van der Waals surface area contributed by atoms with Gasteiger partial charge in [0.15, 0.2) is 0 Å². The molecule has 0 bridgehead atoms. The number of aromatic nitrogens is 4. The normalized spacial score (nSPS) is 10.6. The van der Waals surface area contributed by atoms with E-state index in [-0.39, 0.29) is 83.2 Å². The van der Waals surface area contributed by atoms with E-state index in [9.17, 15) is 0 Å². The third kappa shape index (κ3) is 11.3. The molecule has 278 valence electrons. The van der Waals surface area contributed by atoms with E-state index in [0.717, 1.165) is 52.2 Å². The van der Waals surface area contributed by atoms with Gasteiger partial charge in [-0.3, -0.25) is 9.97 Å². The van der Waals surface area contributed by atoms with E-state index in [1.807, 2.05) is 48.5 Å². The van der Waals surface area contributed by atoms with Crippen LogP contribution < -0.4 is 58.8 Å².